The van der Waals surface area contributed by atoms with Crippen LogP contribution in [0.15, 0.2) is 24.3 Å². The smallest absolute Gasteiger partial charge is 0.416 e. The van der Waals surface area contributed by atoms with Crippen LogP contribution in [0, 0.1) is 6.92 Å². The maximum absolute atomic E-state index is 13.2. The van der Waals surface area contributed by atoms with Crippen LogP contribution in [-0.4, -0.2) is 66.4 Å². The predicted molar refractivity (Wildman–Crippen MR) is 125 cm³/mol. The quantitative estimate of drug-likeness (QED) is 0.514. The second-order valence-corrected chi connectivity index (χ2v) is 8.33. The molecule has 1 fully saturated rings. The number of aromatic nitrogens is 3. The maximum atomic E-state index is 13.2. The van der Waals surface area contributed by atoms with Crippen molar-refractivity contribution in [3.05, 3.63) is 41.3 Å². The summed E-state index contributed by atoms with van der Waals surface area (Å²) in [4.78, 5) is 15.1. The highest BCUT2D eigenvalue weighted by Crippen LogP contribution is 2.35. The van der Waals surface area contributed by atoms with Crippen LogP contribution in [0.2, 0.25) is 0 Å². The standard InChI is InChI=1S/C23H27F3N6O3/c1-13-29-18-9-19(33-3)20(35-12-16-11-32(2)4-5-34-16)8-17(18)22(30-13)28-10-15-6-14(23(24,25)26)7-21(27)31-15/h6-9,16H,4-5,10-12H2,1-3H3,(H2,27,31)(H,28,29,30)/t16-/m0/s1. The summed E-state index contributed by atoms with van der Waals surface area (Å²) >= 11 is 0. The Labute approximate surface area is 200 Å². The average Bonchev–Trinajstić information content (AvgIpc) is 2.79. The molecule has 0 unspecified atom stereocenters. The molecule has 188 valence electrons. The van der Waals surface area contributed by atoms with Crippen LogP contribution in [0.4, 0.5) is 24.8 Å². The van der Waals surface area contributed by atoms with Gasteiger partial charge in [0.2, 0.25) is 0 Å². The molecule has 0 saturated carbocycles. The Morgan fingerprint density at radius 2 is 1.97 bits per heavy atom. The predicted octanol–water partition coefficient (Wildman–Crippen LogP) is 3.26. The van der Waals surface area contributed by atoms with Crippen molar-refractivity contribution in [2.24, 2.45) is 0 Å². The SMILES string of the molecule is COc1cc2nc(C)nc(NCc3cc(C(F)(F)F)cc(N)n3)c2cc1OC[C@@H]1CN(C)CCO1. The number of benzene rings is 1. The number of halogens is 3. The Balaban J connectivity index is 1.60. The highest BCUT2D eigenvalue weighted by Gasteiger charge is 2.31. The van der Waals surface area contributed by atoms with Crippen molar-refractivity contribution in [1.82, 2.24) is 19.9 Å². The number of nitrogens with zero attached hydrogens (tertiary/aromatic N) is 4. The lowest BCUT2D eigenvalue weighted by molar-refractivity contribution is -0.137. The Bertz CT molecular complexity index is 1210. The monoisotopic (exact) mass is 492 g/mol. The van der Waals surface area contributed by atoms with E-state index < -0.39 is 11.7 Å². The molecule has 3 heterocycles. The molecule has 1 saturated heterocycles. The molecule has 0 amide bonds. The van der Waals surface area contributed by atoms with Crippen molar-refractivity contribution in [1.29, 1.82) is 0 Å². The Morgan fingerprint density at radius 1 is 1.17 bits per heavy atom. The van der Waals surface area contributed by atoms with Gasteiger partial charge in [-0.15, -0.1) is 0 Å². The second-order valence-electron chi connectivity index (χ2n) is 8.33. The summed E-state index contributed by atoms with van der Waals surface area (Å²) in [7, 11) is 3.56. The lowest BCUT2D eigenvalue weighted by atomic mass is 10.2. The molecule has 0 spiro atoms. The summed E-state index contributed by atoms with van der Waals surface area (Å²) < 4.78 is 56.7. The third-order valence-corrected chi connectivity index (χ3v) is 5.52. The lowest BCUT2D eigenvalue weighted by Crippen LogP contribution is -2.42. The van der Waals surface area contributed by atoms with Crippen LogP contribution in [0.3, 0.4) is 0 Å². The van der Waals surface area contributed by atoms with E-state index in [1.165, 1.54) is 7.11 Å². The number of alkyl halides is 3. The number of nitrogens with two attached hydrogens (primary N) is 1. The second kappa shape index (κ2) is 10.1. The molecule has 1 aliphatic rings. The van der Waals surface area contributed by atoms with Crippen molar-refractivity contribution >= 4 is 22.5 Å². The number of nitrogen functional groups attached to an aromatic ring is 1. The summed E-state index contributed by atoms with van der Waals surface area (Å²) in [5.74, 6) is 1.67. The fourth-order valence-corrected chi connectivity index (χ4v) is 3.85. The van der Waals surface area contributed by atoms with Crippen LogP contribution < -0.4 is 20.5 Å². The first-order valence-electron chi connectivity index (χ1n) is 11.0. The fraction of sp³-hybridized carbons (Fsp3) is 0.435. The number of methoxy groups -OCH3 is 1. The largest absolute Gasteiger partial charge is 0.493 e. The molecule has 0 aliphatic carbocycles. The van der Waals surface area contributed by atoms with Gasteiger partial charge < -0.3 is 30.2 Å². The molecule has 2 aromatic heterocycles. The first kappa shape index (κ1) is 24.7. The minimum absolute atomic E-state index is 0.0237. The Kier molecular flexibility index (Phi) is 7.13. The zero-order valence-electron chi connectivity index (χ0n) is 19.6. The third kappa shape index (κ3) is 6.01. The Morgan fingerprint density at radius 3 is 2.69 bits per heavy atom. The van der Waals surface area contributed by atoms with Gasteiger partial charge in [0.1, 0.15) is 30.2 Å². The molecule has 0 radical (unpaired) electrons. The molecular weight excluding hydrogens is 465 g/mol. The zero-order valence-corrected chi connectivity index (χ0v) is 19.6. The number of pyridine rings is 1. The third-order valence-electron chi connectivity index (χ3n) is 5.52. The van der Waals surface area contributed by atoms with E-state index in [0.29, 0.717) is 47.3 Å². The molecule has 3 aromatic rings. The van der Waals surface area contributed by atoms with Gasteiger partial charge in [-0.25, -0.2) is 15.0 Å². The Hall–Kier alpha value is -3.38. The number of ether oxygens (including phenoxy) is 3. The highest BCUT2D eigenvalue weighted by atomic mass is 19.4. The van der Waals surface area contributed by atoms with Crippen molar-refractivity contribution in [2.75, 3.05) is 51.5 Å². The van der Waals surface area contributed by atoms with E-state index >= 15 is 0 Å². The number of nitrogens with one attached hydrogen (secondary N) is 1. The first-order valence-corrected chi connectivity index (χ1v) is 11.0. The van der Waals surface area contributed by atoms with Crippen LogP contribution in [0.5, 0.6) is 11.5 Å². The van der Waals surface area contributed by atoms with E-state index in [2.05, 4.69) is 25.2 Å². The normalized spacial score (nSPS) is 16.9. The van der Waals surface area contributed by atoms with Gasteiger partial charge in [0, 0.05) is 24.5 Å². The van der Waals surface area contributed by atoms with Crippen LogP contribution in [-0.2, 0) is 17.5 Å². The molecule has 35 heavy (non-hydrogen) atoms. The number of hydrogen-bond donors (Lipinski definition) is 2. The number of aryl methyl sites for hydroxylation is 1. The van der Waals surface area contributed by atoms with E-state index in [9.17, 15) is 13.2 Å². The summed E-state index contributed by atoms with van der Waals surface area (Å²) in [5.41, 5.74) is 5.45. The minimum atomic E-state index is -4.52. The number of fused-ring (bicyclic) bond motifs is 1. The zero-order chi connectivity index (χ0) is 25.2. The minimum Gasteiger partial charge on any atom is -0.493 e. The topological polar surface area (TPSA) is 108 Å². The maximum Gasteiger partial charge on any atom is 0.416 e. The van der Waals surface area contributed by atoms with E-state index in [0.717, 1.165) is 25.2 Å². The summed E-state index contributed by atoms with van der Waals surface area (Å²) in [5, 5.41) is 3.68. The molecule has 1 atom stereocenters. The summed E-state index contributed by atoms with van der Waals surface area (Å²) in [6.07, 6.45) is -4.61. The van der Waals surface area contributed by atoms with Gasteiger partial charge in [-0.2, -0.15) is 13.2 Å². The number of likely N-dealkylation sites (N-methyl/N-ethyl adjacent to an activating group) is 1. The molecule has 3 N–H and O–H groups in total. The molecule has 1 aliphatic heterocycles. The van der Waals surface area contributed by atoms with Gasteiger partial charge in [0.25, 0.3) is 0 Å². The fourth-order valence-electron chi connectivity index (χ4n) is 3.85. The highest BCUT2D eigenvalue weighted by molar-refractivity contribution is 5.91. The molecular formula is C23H27F3N6O3. The summed E-state index contributed by atoms with van der Waals surface area (Å²) in [6, 6.07) is 5.24. The van der Waals surface area contributed by atoms with E-state index in [1.54, 1.807) is 19.1 Å². The van der Waals surface area contributed by atoms with E-state index in [1.807, 2.05) is 7.05 Å². The molecule has 1 aromatic carbocycles. The molecule has 0 bridgehead atoms. The van der Waals surface area contributed by atoms with Crippen molar-refractivity contribution in [3.63, 3.8) is 0 Å². The molecule has 12 heteroatoms. The average molecular weight is 493 g/mol. The number of hydrogen-bond acceptors (Lipinski definition) is 9. The van der Waals surface area contributed by atoms with Gasteiger partial charge in [-0.3, -0.25) is 0 Å². The van der Waals surface area contributed by atoms with Gasteiger partial charge in [-0.05, 0) is 32.2 Å². The van der Waals surface area contributed by atoms with Crippen molar-refractivity contribution in [3.8, 4) is 11.5 Å². The van der Waals surface area contributed by atoms with Crippen molar-refractivity contribution < 1.29 is 27.4 Å². The van der Waals surface area contributed by atoms with Crippen LogP contribution in [0.25, 0.3) is 10.9 Å². The number of anilines is 2. The number of morpholine rings is 1. The van der Waals surface area contributed by atoms with Crippen LogP contribution in [0.1, 0.15) is 17.1 Å². The van der Waals surface area contributed by atoms with Gasteiger partial charge in [0.15, 0.2) is 11.5 Å². The molecule has 4 rings (SSSR count). The first-order chi connectivity index (χ1) is 16.6. The van der Waals surface area contributed by atoms with Crippen molar-refractivity contribution in [2.45, 2.75) is 25.7 Å². The van der Waals surface area contributed by atoms with E-state index in [4.69, 9.17) is 19.9 Å². The number of rotatable bonds is 7. The van der Waals surface area contributed by atoms with Crippen LogP contribution >= 0.6 is 0 Å². The van der Waals surface area contributed by atoms with E-state index in [-0.39, 0.29) is 24.2 Å². The van der Waals surface area contributed by atoms with Gasteiger partial charge in [-0.1, -0.05) is 0 Å². The lowest BCUT2D eigenvalue weighted by Gasteiger charge is -2.30. The summed E-state index contributed by atoms with van der Waals surface area (Å²) in [6.45, 7) is 4.28. The van der Waals surface area contributed by atoms with Gasteiger partial charge >= 0.3 is 6.18 Å². The molecule has 9 nitrogen and oxygen atoms in total. The van der Waals surface area contributed by atoms with Gasteiger partial charge in [0.05, 0.1) is 37.0 Å².